The normalized spacial score (nSPS) is 10.3. The summed E-state index contributed by atoms with van der Waals surface area (Å²) >= 11 is 0. The molecule has 0 radical (unpaired) electrons. The summed E-state index contributed by atoms with van der Waals surface area (Å²) in [4.78, 5) is 16.4. The first-order valence-electron chi connectivity index (χ1n) is 5.76. The van der Waals surface area contributed by atoms with E-state index in [-0.39, 0.29) is 12.0 Å². The van der Waals surface area contributed by atoms with Crippen LogP contribution in [0.2, 0.25) is 0 Å². The highest BCUT2D eigenvalue weighted by Crippen LogP contribution is 2.17. The standard InChI is InChI=1S/C12H15N5O/c1-3-6-18-12-16-10(15-11(13)17-12)9-5-4-8(2)14-7-9/h4-5,7H,3,6H2,1-2H3,(H2,13,15,16,17). The molecule has 6 heteroatoms. The van der Waals surface area contributed by atoms with Crippen LogP contribution in [-0.4, -0.2) is 26.5 Å². The molecule has 0 saturated carbocycles. The van der Waals surface area contributed by atoms with Gasteiger partial charge < -0.3 is 10.5 Å². The highest BCUT2D eigenvalue weighted by molar-refractivity contribution is 5.54. The van der Waals surface area contributed by atoms with Crippen molar-refractivity contribution in [2.45, 2.75) is 20.3 Å². The first-order valence-corrected chi connectivity index (χ1v) is 5.76. The van der Waals surface area contributed by atoms with Gasteiger partial charge in [0, 0.05) is 17.5 Å². The summed E-state index contributed by atoms with van der Waals surface area (Å²) in [6.07, 6.45) is 2.58. The molecule has 0 aliphatic heterocycles. The van der Waals surface area contributed by atoms with Crippen LogP contribution in [0.15, 0.2) is 18.3 Å². The van der Waals surface area contributed by atoms with Gasteiger partial charge in [-0.1, -0.05) is 6.92 Å². The van der Waals surface area contributed by atoms with E-state index in [2.05, 4.69) is 19.9 Å². The van der Waals surface area contributed by atoms with Crippen LogP contribution in [-0.2, 0) is 0 Å². The summed E-state index contributed by atoms with van der Waals surface area (Å²) < 4.78 is 5.36. The number of nitrogen functional groups attached to an aromatic ring is 1. The maximum absolute atomic E-state index is 5.64. The first-order chi connectivity index (χ1) is 8.69. The third-order valence-corrected chi connectivity index (χ3v) is 2.24. The maximum Gasteiger partial charge on any atom is 0.321 e. The topological polar surface area (TPSA) is 86.8 Å². The summed E-state index contributed by atoms with van der Waals surface area (Å²) in [6.45, 7) is 4.48. The fraction of sp³-hybridized carbons (Fsp3) is 0.333. The van der Waals surface area contributed by atoms with Crippen molar-refractivity contribution in [1.82, 2.24) is 19.9 Å². The van der Waals surface area contributed by atoms with Gasteiger partial charge in [-0.3, -0.25) is 4.98 Å². The zero-order valence-corrected chi connectivity index (χ0v) is 10.4. The lowest BCUT2D eigenvalue weighted by Gasteiger charge is -2.05. The number of ether oxygens (including phenoxy) is 1. The Kier molecular flexibility index (Phi) is 3.66. The fourth-order valence-corrected chi connectivity index (χ4v) is 1.36. The van der Waals surface area contributed by atoms with Gasteiger partial charge in [0.2, 0.25) is 5.95 Å². The number of anilines is 1. The quantitative estimate of drug-likeness (QED) is 0.880. The molecule has 0 spiro atoms. The number of aryl methyl sites for hydroxylation is 1. The molecule has 0 unspecified atom stereocenters. The predicted octanol–water partition coefficient (Wildman–Crippen LogP) is 1.61. The highest BCUT2D eigenvalue weighted by Gasteiger charge is 2.07. The molecule has 0 aliphatic rings. The van der Waals surface area contributed by atoms with E-state index in [4.69, 9.17) is 10.5 Å². The molecule has 2 heterocycles. The average molecular weight is 245 g/mol. The van der Waals surface area contributed by atoms with Crippen molar-refractivity contribution >= 4 is 5.95 Å². The highest BCUT2D eigenvalue weighted by atomic mass is 16.5. The van der Waals surface area contributed by atoms with Gasteiger partial charge in [0.1, 0.15) is 0 Å². The molecule has 0 aromatic carbocycles. The predicted molar refractivity (Wildman–Crippen MR) is 68.0 cm³/mol. The van der Waals surface area contributed by atoms with Gasteiger partial charge in [-0.25, -0.2) is 0 Å². The molecule has 2 aromatic heterocycles. The number of hydrogen-bond acceptors (Lipinski definition) is 6. The molecule has 0 saturated heterocycles. The van der Waals surface area contributed by atoms with Gasteiger partial charge in [0.25, 0.3) is 0 Å². The number of nitrogens with two attached hydrogens (primary N) is 1. The Bertz CT molecular complexity index is 526. The van der Waals surface area contributed by atoms with Gasteiger partial charge >= 0.3 is 6.01 Å². The summed E-state index contributed by atoms with van der Waals surface area (Å²) in [5.41, 5.74) is 7.36. The molecule has 6 nitrogen and oxygen atoms in total. The molecule has 94 valence electrons. The second-order valence-electron chi connectivity index (χ2n) is 3.84. The smallest absolute Gasteiger partial charge is 0.321 e. The molecule has 18 heavy (non-hydrogen) atoms. The van der Waals surface area contributed by atoms with Crippen molar-refractivity contribution in [3.8, 4) is 17.4 Å². The molecule has 0 bridgehead atoms. The molecule has 0 fully saturated rings. The molecular formula is C12H15N5O. The van der Waals surface area contributed by atoms with Gasteiger partial charge in [0.15, 0.2) is 5.82 Å². The lowest BCUT2D eigenvalue weighted by molar-refractivity contribution is 0.292. The molecule has 0 atom stereocenters. The minimum absolute atomic E-state index is 0.145. The average Bonchev–Trinajstić information content (AvgIpc) is 2.36. The van der Waals surface area contributed by atoms with Gasteiger partial charge in [-0.05, 0) is 25.5 Å². The van der Waals surface area contributed by atoms with Crippen molar-refractivity contribution in [3.05, 3.63) is 24.0 Å². The number of rotatable bonds is 4. The Labute approximate surface area is 105 Å². The summed E-state index contributed by atoms with van der Waals surface area (Å²) in [5, 5.41) is 0. The van der Waals surface area contributed by atoms with E-state index < -0.39 is 0 Å². The lowest BCUT2D eigenvalue weighted by atomic mass is 10.2. The molecule has 2 N–H and O–H groups in total. The van der Waals surface area contributed by atoms with E-state index in [1.165, 1.54) is 0 Å². The van der Waals surface area contributed by atoms with Crippen molar-refractivity contribution in [2.75, 3.05) is 12.3 Å². The van der Waals surface area contributed by atoms with Crippen LogP contribution in [0.1, 0.15) is 19.0 Å². The van der Waals surface area contributed by atoms with Gasteiger partial charge in [-0.15, -0.1) is 0 Å². The van der Waals surface area contributed by atoms with Crippen molar-refractivity contribution < 1.29 is 4.74 Å². The van der Waals surface area contributed by atoms with Gasteiger partial charge in [-0.2, -0.15) is 15.0 Å². The minimum Gasteiger partial charge on any atom is -0.463 e. The maximum atomic E-state index is 5.64. The summed E-state index contributed by atoms with van der Waals surface area (Å²) in [7, 11) is 0. The minimum atomic E-state index is 0.145. The molecule has 0 aliphatic carbocycles. The Morgan fingerprint density at radius 2 is 2.06 bits per heavy atom. The zero-order chi connectivity index (χ0) is 13.0. The van der Waals surface area contributed by atoms with Crippen molar-refractivity contribution in [3.63, 3.8) is 0 Å². The van der Waals surface area contributed by atoms with E-state index >= 15 is 0 Å². The van der Waals surface area contributed by atoms with Crippen LogP contribution in [0.4, 0.5) is 5.95 Å². The number of nitrogens with zero attached hydrogens (tertiary/aromatic N) is 4. The second kappa shape index (κ2) is 5.39. The van der Waals surface area contributed by atoms with Crippen LogP contribution in [0.25, 0.3) is 11.4 Å². The van der Waals surface area contributed by atoms with E-state index in [1.807, 2.05) is 26.0 Å². The third-order valence-electron chi connectivity index (χ3n) is 2.24. The summed E-state index contributed by atoms with van der Waals surface area (Å²) in [5.74, 6) is 0.618. The molecule has 2 aromatic rings. The Balaban J connectivity index is 2.32. The van der Waals surface area contributed by atoms with Crippen LogP contribution in [0, 0.1) is 6.92 Å². The molecule has 0 amide bonds. The van der Waals surface area contributed by atoms with E-state index in [0.717, 1.165) is 17.7 Å². The lowest BCUT2D eigenvalue weighted by Crippen LogP contribution is -2.05. The number of hydrogen-bond donors (Lipinski definition) is 1. The number of aromatic nitrogens is 4. The van der Waals surface area contributed by atoms with Crippen molar-refractivity contribution in [2.24, 2.45) is 0 Å². The van der Waals surface area contributed by atoms with E-state index in [0.29, 0.717) is 12.4 Å². The van der Waals surface area contributed by atoms with Crippen LogP contribution in [0.3, 0.4) is 0 Å². The van der Waals surface area contributed by atoms with Crippen LogP contribution < -0.4 is 10.5 Å². The van der Waals surface area contributed by atoms with Crippen LogP contribution in [0.5, 0.6) is 6.01 Å². The molecular weight excluding hydrogens is 230 g/mol. The Morgan fingerprint density at radius 1 is 1.22 bits per heavy atom. The van der Waals surface area contributed by atoms with Crippen LogP contribution >= 0.6 is 0 Å². The Hall–Kier alpha value is -2.24. The monoisotopic (exact) mass is 245 g/mol. The summed E-state index contributed by atoms with van der Waals surface area (Å²) in [6, 6.07) is 4.03. The number of pyridine rings is 1. The fourth-order valence-electron chi connectivity index (χ4n) is 1.36. The van der Waals surface area contributed by atoms with E-state index in [1.54, 1.807) is 6.20 Å². The zero-order valence-electron chi connectivity index (χ0n) is 10.4. The molecule has 2 rings (SSSR count). The van der Waals surface area contributed by atoms with E-state index in [9.17, 15) is 0 Å². The largest absolute Gasteiger partial charge is 0.463 e. The second-order valence-corrected chi connectivity index (χ2v) is 3.84. The first kappa shape index (κ1) is 12.2. The Morgan fingerprint density at radius 3 is 2.72 bits per heavy atom. The van der Waals surface area contributed by atoms with Gasteiger partial charge in [0.05, 0.1) is 6.61 Å². The SMILES string of the molecule is CCCOc1nc(N)nc(-c2ccc(C)nc2)n1. The van der Waals surface area contributed by atoms with Crippen molar-refractivity contribution in [1.29, 1.82) is 0 Å². The third kappa shape index (κ3) is 2.91.